The molecule has 0 bridgehead atoms. The van der Waals surface area contributed by atoms with E-state index in [0.717, 1.165) is 49.6 Å². The number of aromatic nitrogens is 2. The topological polar surface area (TPSA) is 55.7 Å². The fraction of sp³-hybridized carbons (Fsp3) is 0.615. The predicted molar refractivity (Wildman–Crippen MR) is 129 cm³/mol. The highest BCUT2D eigenvalue weighted by Crippen LogP contribution is 2.25. The lowest BCUT2D eigenvalue weighted by atomic mass is 9.97. The van der Waals surface area contributed by atoms with E-state index in [1.165, 1.54) is 31.5 Å². The summed E-state index contributed by atoms with van der Waals surface area (Å²) in [6, 6.07) is 10.0. The summed E-state index contributed by atoms with van der Waals surface area (Å²) >= 11 is 0. The largest absolute Gasteiger partial charge is 0.396 e. The third-order valence-corrected chi connectivity index (χ3v) is 7.16. The van der Waals surface area contributed by atoms with E-state index in [9.17, 15) is 5.11 Å². The minimum Gasteiger partial charge on any atom is -0.396 e. The maximum atomic E-state index is 9.71. The lowest BCUT2D eigenvalue weighted by Crippen LogP contribution is -2.58. The van der Waals surface area contributed by atoms with Gasteiger partial charge in [0.2, 0.25) is 0 Å². The number of nitrogens with zero attached hydrogens (tertiary/aromatic N) is 5. The quantitative estimate of drug-likeness (QED) is 0.718. The van der Waals surface area contributed by atoms with Gasteiger partial charge in [-0.3, -0.25) is 9.80 Å². The van der Waals surface area contributed by atoms with Crippen LogP contribution in [-0.4, -0.2) is 87.2 Å². The number of hydrogen-bond acceptors (Lipinski definition) is 6. The van der Waals surface area contributed by atoms with E-state index < -0.39 is 0 Å². The van der Waals surface area contributed by atoms with E-state index in [0.29, 0.717) is 18.1 Å². The third kappa shape index (κ3) is 5.73. The van der Waals surface area contributed by atoms with Crippen molar-refractivity contribution in [2.45, 2.75) is 64.7 Å². The maximum Gasteiger partial charge on any atom is 0.159 e. The molecule has 3 heterocycles. The van der Waals surface area contributed by atoms with Crippen molar-refractivity contribution >= 4 is 0 Å². The minimum atomic E-state index is 0.258. The van der Waals surface area contributed by atoms with E-state index in [1.54, 1.807) is 0 Å². The van der Waals surface area contributed by atoms with Crippen molar-refractivity contribution in [2.75, 3.05) is 39.3 Å². The molecule has 2 aromatic rings. The minimum absolute atomic E-state index is 0.258. The Morgan fingerprint density at radius 3 is 2.47 bits per heavy atom. The second kappa shape index (κ2) is 10.8. The van der Waals surface area contributed by atoms with Crippen LogP contribution in [0.2, 0.25) is 0 Å². The zero-order chi connectivity index (χ0) is 22.5. The molecule has 2 fully saturated rings. The van der Waals surface area contributed by atoms with Gasteiger partial charge in [0.1, 0.15) is 0 Å². The van der Waals surface area contributed by atoms with E-state index in [2.05, 4.69) is 69.7 Å². The molecule has 174 valence electrons. The first-order chi connectivity index (χ1) is 15.5. The maximum absolute atomic E-state index is 9.71. The van der Waals surface area contributed by atoms with Crippen LogP contribution in [0, 0.1) is 6.92 Å². The van der Waals surface area contributed by atoms with Gasteiger partial charge in [0, 0.05) is 74.4 Å². The van der Waals surface area contributed by atoms with Crippen LogP contribution < -0.4 is 0 Å². The van der Waals surface area contributed by atoms with E-state index in [4.69, 9.17) is 0 Å². The number of aliphatic hydroxyl groups excluding tert-OH is 1. The molecule has 1 N–H and O–H groups in total. The Morgan fingerprint density at radius 1 is 1.06 bits per heavy atom. The molecule has 1 atom stereocenters. The van der Waals surface area contributed by atoms with Crippen LogP contribution in [0.5, 0.6) is 0 Å². The van der Waals surface area contributed by atoms with Gasteiger partial charge >= 0.3 is 0 Å². The van der Waals surface area contributed by atoms with Gasteiger partial charge in [-0.2, -0.15) is 0 Å². The van der Waals surface area contributed by atoms with E-state index >= 15 is 0 Å². The fourth-order valence-corrected chi connectivity index (χ4v) is 5.33. The molecular formula is C26H39N5O. The summed E-state index contributed by atoms with van der Waals surface area (Å²) < 4.78 is 0. The van der Waals surface area contributed by atoms with Gasteiger partial charge in [-0.05, 0) is 59.2 Å². The molecule has 1 aromatic heterocycles. The smallest absolute Gasteiger partial charge is 0.159 e. The molecule has 4 rings (SSSR count). The number of rotatable bonds is 7. The SMILES string of the molecule is Cc1cccc(-c2ncc(CN3CCN(C4CCN(C(C)C)CC4)[C@H](CCO)C3)cn2)c1. The van der Waals surface area contributed by atoms with Gasteiger partial charge in [-0.15, -0.1) is 0 Å². The molecule has 2 aliphatic rings. The molecule has 2 aliphatic heterocycles. The van der Waals surface area contributed by atoms with Gasteiger partial charge in [0.05, 0.1) is 0 Å². The molecule has 0 unspecified atom stereocenters. The van der Waals surface area contributed by atoms with Gasteiger partial charge in [0.25, 0.3) is 0 Å². The van der Waals surface area contributed by atoms with Crippen LogP contribution in [0.15, 0.2) is 36.7 Å². The zero-order valence-electron chi connectivity index (χ0n) is 20.0. The first-order valence-corrected chi connectivity index (χ1v) is 12.2. The Balaban J connectivity index is 1.35. The Morgan fingerprint density at radius 2 is 1.81 bits per heavy atom. The van der Waals surface area contributed by atoms with Crippen LogP contribution in [0.4, 0.5) is 0 Å². The van der Waals surface area contributed by atoms with Crippen molar-refractivity contribution in [2.24, 2.45) is 0 Å². The van der Waals surface area contributed by atoms with Crippen molar-refractivity contribution in [3.63, 3.8) is 0 Å². The summed E-state index contributed by atoms with van der Waals surface area (Å²) in [5, 5.41) is 9.71. The molecule has 0 radical (unpaired) electrons. The number of aryl methyl sites for hydroxylation is 1. The Bertz CT molecular complexity index is 848. The molecular weight excluding hydrogens is 398 g/mol. The van der Waals surface area contributed by atoms with Crippen LogP contribution in [0.25, 0.3) is 11.4 Å². The standard InChI is InChI=1S/C26H39N5O/c1-20(2)30-10-7-24(8-11-30)31-13-12-29(19-25(31)9-14-32)18-22-16-27-26(28-17-22)23-6-4-5-21(3)15-23/h4-6,15-17,20,24-25,32H,7-14,18-19H2,1-3H3/t25-/m1/s1. The second-order valence-electron chi connectivity index (χ2n) is 9.78. The molecule has 6 nitrogen and oxygen atoms in total. The van der Waals surface area contributed by atoms with Crippen molar-refractivity contribution < 1.29 is 5.11 Å². The summed E-state index contributed by atoms with van der Waals surface area (Å²) in [6.45, 7) is 13.3. The molecule has 1 aromatic carbocycles. The van der Waals surface area contributed by atoms with Crippen LogP contribution >= 0.6 is 0 Å². The van der Waals surface area contributed by atoms with Crippen LogP contribution in [0.3, 0.4) is 0 Å². The Hall–Kier alpha value is -1.86. The van der Waals surface area contributed by atoms with E-state index in [1.807, 2.05) is 12.4 Å². The van der Waals surface area contributed by atoms with Crippen molar-refractivity contribution in [3.05, 3.63) is 47.8 Å². The average molecular weight is 438 g/mol. The molecule has 0 saturated carbocycles. The number of piperidine rings is 1. The first-order valence-electron chi connectivity index (χ1n) is 12.2. The lowest BCUT2D eigenvalue weighted by molar-refractivity contribution is -0.0000784. The van der Waals surface area contributed by atoms with E-state index in [-0.39, 0.29) is 6.61 Å². The predicted octanol–water partition coefficient (Wildman–Crippen LogP) is 3.19. The summed E-state index contributed by atoms with van der Waals surface area (Å²) in [5.74, 6) is 0.785. The molecule has 0 spiro atoms. The van der Waals surface area contributed by atoms with Gasteiger partial charge in [-0.25, -0.2) is 9.97 Å². The summed E-state index contributed by atoms with van der Waals surface area (Å²) in [6.07, 6.45) is 7.28. The summed E-state index contributed by atoms with van der Waals surface area (Å²) in [7, 11) is 0. The fourth-order valence-electron chi connectivity index (χ4n) is 5.33. The normalized spacial score (nSPS) is 22.0. The van der Waals surface area contributed by atoms with Crippen LogP contribution in [-0.2, 0) is 6.54 Å². The molecule has 0 aliphatic carbocycles. The summed E-state index contributed by atoms with van der Waals surface area (Å²) in [4.78, 5) is 17.0. The number of likely N-dealkylation sites (tertiary alicyclic amines) is 1. The Labute approximate surface area is 193 Å². The third-order valence-electron chi connectivity index (χ3n) is 7.16. The van der Waals surface area contributed by atoms with Gasteiger partial charge in [0.15, 0.2) is 5.82 Å². The molecule has 32 heavy (non-hydrogen) atoms. The zero-order valence-corrected chi connectivity index (χ0v) is 20.0. The lowest BCUT2D eigenvalue weighted by Gasteiger charge is -2.48. The van der Waals surface area contributed by atoms with Gasteiger partial charge < -0.3 is 10.0 Å². The second-order valence-corrected chi connectivity index (χ2v) is 9.78. The first kappa shape index (κ1) is 23.3. The monoisotopic (exact) mass is 437 g/mol. The van der Waals surface area contributed by atoms with Crippen molar-refractivity contribution in [1.82, 2.24) is 24.7 Å². The number of benzene rings is 1. The average Bonchev–Trinajstić information content (AvgIpc) is 2.80. The molecule has 6 heteroatoms. The highest BCUT2D eigenvalue weighted by molar-refractivity contribution is 5.55. The van der Waals surface area contributed by atoms with Crippen molar-refractivity contribution in [3.8, 4) is 11.4 Å². The summed E-state index contributed by atoms with van der Waals surface area (Å²) in [5.41, 5.74) is 3.44. The number of piperazine rings is 1. The van der Waals surface area contributed by atoms with Gasteiger partial charge in [-0.1, -0.05) is 23.8 Å². The van der Waals surface area contributed by atoms with Crippen LogP contribution in [0.1, 0.15) is 44.2 Å². The number of aliphatic hydroxyl groups is 1. The van der Waals surface area contributed by atoms with Crippen molar-refractivity contribution in [1.29, 1.82) is 0 Å². The molecule has 0 amide bonds. The Kier molecular flexibility index (Phi) is 7.89. The highest BCUT2D eigenvalue weighted by Gasteiger charge is 2.33. The molecule has 2 saturated heterocycles. The highest BCUT2D eigenvalue weighted by atomic mass is 16.3. The number of hydrogen-bond donors (Lipinski definition) is 1.